The predicted molar refractivity (Wildman–Crippen MR) is 95.7 cm³/mol. The first kappa shape index (κ1) is 18.7. The van der Waals surface area contributed by atoms with Gasteiger partial charge in [-0.25, -0.2) is 4.39 Å². The summed E-state index contributed by atoms with van der Waals surface area (Å²) in [5, 5.41) is 11.0. The molecule has 3 rings (SSSR count). The largest absolute Gasteiger partial charge is 0.472 e. The number of hydrogen-bond donors (Lipinski definition) is 1. The van der Waals surface area contributed by atoms with Gasteiger partial charge < -0.3 is 9.47 Å². The number of halogens is 1. The number of rotatable bonds is 5. The Labute approximate surface area is 155 Å². The van der Waals surface area contributed by atoms with E-state index in [0.29, 0.717) is 34.3 Å². The molecule has 0 saturated heterocycles. The highest BCUT2D eigenvalue weighted by Crippen LogP contribution is 2.38. The van der Waals surface area contributed by atoms with Gasteiger partial charge in [0.1, 0.15) is 6.17 Å². The van der Waals surface area contributed by atoms with Crippen molar-refractivity contribution in [2.75, 3.05) is 19.5 Å². The van der Waals surface area contributed by atoms with Crippen molar-refractivity contribution in [2.45, 2.75) is 44.4 Å². The van der Waals surface area contributed by atoms with Gasteiger partial charge >= 0.3 is 0 Å². The maximum absolute atomic E-state index is 14.9. The molecule has 140 valence electrons. The molecule has 1 aliphatic rings. The number of pyridine rings is 1. The zero-order valence-electron chi connectivity index (χ0n) is 14.9. The molecule has 26 heavy (non-hydrogen) atoms. The number of nitrogens with one attached hydrogen (secondary N) is 1. The Morgan fingerprint density at radius 2 is 2.15 bits per heavy atom. The van der Waals surface area contributed by atoms with Gasteiger partial charge in [-0.05, 0) is 42.7 Å². The lowest BCUT2D eigenvalue weighted by molar-refractivity contribution is -0.00521. The zero-order chi connectivity index (χ0) is 18.7. The van der Waals surface area contributed by atoms with Crippen LogP contribution in [0.4, 0.5) is 9.52 Å². The first-order chi connectivity index (χ1) is 12.5. The van der Waals surface area contributed by atoms with Gasteiger partial charge in [-0.1, -0.05) is 11.5 Å². The lowest BCUT2D eigenvalue weighted by Gasteiger charge is -2.33. The van der Waals surface area contributed by atoms with Crippen LogP contribution in [0.25, 0.3) is 0 Å². The Balaban J connectivity index is 1.88. The van der Waals surface area contributed by atoms with Crippen molar-refractivity contribution in [2.24, 2.45) is 0 Å². The Kier molecular flexibility index (Phi) is 5.77. The summed E-state index contributed by atoms with van der Waals surface area (Å²) in [6.07, 6.45) is 2.07. The molecule has 1 N–H and O–H groups in total. The molecule has 3 unspecified atom stereocenters. The summed E-state index contributed by atoms with van der Waals surface area (Å²) in [5.74, 6) is -0.793. The topological polar surface area (TPSA) is 86.2 Å². The second-order valence-corrected chi connectivity index (χ2v) is 7.14. The smallest absolute Gasteiger partial charge is 0.295 e. The Morgan fingerprint density at radius 1 is 1.35 bits per heavy atom. The minimum atomic E-state index is -1.16. The lowest BCUT2D eigenvalue weighted by Crippen LogP contribution is -2.35. The number of nitrogens with zero attached hydrogens (tertiary/aromatic N) is 3. The van der Waals surface area contributed by atoms with Gasteiger partial charge in [0.2, 0.25) is 5.13 Å². The predicted octanol–water partition coefficient (Wildman–Crippen LogP) is 3.12. The lowest BCUT2D eigenvalue weighted by atomic mass is 9.79. The summed E-state index contributed by atoms with van der Waals surface area (Å²) in [6.45, 7) is 1.82. The minimum absolute atomic E-state index is 0.314. The molecule has 1 aliphatic carbocycles. The number of amides is 1. The van der Waals surface area contributed by atoms with Crippen LogP contribution >= 0.6 is 11.3 Å². The SMILES string of the molecule is COc1nnc(NC(=O)c2cnc(C)cc2C2CCCC(OC)C2F)s1. The molecule has 3 atom stereocenters. The highest BCUT2D eigenvalue weighted by atomic mass is 32.1. The number of hydrogen-bond acceptors (Lipinski definition) is 7. The van der Waals surface area contributed by atoms with Gasteiger partial charge in [-0.2, -0.15) is 0 Å². The van der Waals surface area contributed by atoms with E-state index in [1.54, 1.807) is 6.07 Å². The molecule has 0 aromatic carbocycles. The van der Waals surface area contributed by atoms with E-state index in [4.69, 9.17) is 9.47 Å². The van der Waals surface area contributed by atoms with E-state index in [9.17, 15) is 9.18 Å². The number of anilines is 1. The van der Waals surface area contributed by atoms with Crippen molar-refractivity contribution in [3.63, 3.8) is 0 Å². The molecular weight excluding hydrogens is 359 g/mol. The maximum Gasteiger partial charge on any atom is 0.295 e. The molecule has 2 heterocycles. The fourth-order valence-electron chi connectivity index (χ4n) is 3.28. The van der Waals surface area contributed by atoms with Crippen LogP contribution in [-0.4, -0.2) is 47.6 Å². The number of carbonyl (C=O) groups excluding carboxylic acids is 1. The van der Waals surface area contributed by atoms with Crippen molar-refractivity contribution in [3.8, 4) is 5.19 Å². The van der Waals surface area contributed by atoms with Crippen molar-refractivity contribution in [1.82, 2.24) is 15.2 Å². The number of methoxy groups -OCH3 is 2. The van der Waals surface area contributed by atoms with Crippen LogP contribution in [0.3, 0.4) is 0 Å². The molecule has 1 fully saturated rings. The van der Waals surface area contributed by atoms with Crippen LogP contribution < -0.4 is 10.1 Å². The molecule has 2 aromatic rings. The number of alkyl halides is 1. The van der Waals surface area contributed by atoms with Gasteiger partial charge in [-0.3, -0.25) is 15.1 Å². The number of aromatic nitrogens is 3. The Hall–Kier alpha value is -2.13. The van der Waals surface area contributed by atoms with Gasteiger partial charge in [0.25, 0.3) is 11.1 Å². The molecule has 0 spiro atoms. The fourth-order valence-corrected chi connectivity index (χ4v) is 3.83. The van der Waals surface area contributed by atoms with Gasteiger partial charge in [0.05, 0.1) is 18.8 Å². The second kappa shape index (κ2) is 8.05. The molecule has 2 aromatic heterocycles. The summed E-state index contributed by atoms with van der Waals surface area (Å²) in [6, 6.07) is 1.78. The minimum Gasteiger partial charge on any atom is -0.472 e. The molecule has 0 aliphatic heterocycles. The fraction of sp³-hybridized carbons (Fsp3) is 0.529. The normalized spacial score (nSPS) is 22.8. The molecule has 1 amide bonds. The summed E-state index contributed by atoms with van der Waals surface area (Å²) in [4.78, 5) is 16.9. The van der Waals surface area contributed by atoms with Crippen LogP contribution in [-0.2, 0) is 4.74 Å². The highest BCUT2D eigenvalue weighted by Gasteiger charge is 2.36. The Bertz CT molecular complexity index is 785. The van der Waals surface area contributed by atoms with Crippen LogP contribution in [0, 0.1) is 6.92 Å². The summed E-state index contributed by atoms with van der Waals surface area (Å²) >= 11 is 1.11. The summed E-state index contributed by atoms with van der Waals surface area (Å²) in [7, 11) is 3.00. The van der Waals surface area contributed by atoms with E-state index in [0.717, 1.165) is 23.5 Å². The van der Waals surface area contributed by atoms with E-state index in [-0.39, 0.29) is 0 Å². The van der Waals surface area contributed by atoms with Crippen LogP contribution in [0.5, 0.6) is 5.19 Å². The average Bonchev–Trinajstić information content (AvgIpc) is 3.09. The molecule has 9 heteroatoms. The standard InChI is InChI=1S/C17H21FN4O3S/c1-9-7-11(10-5-4-6-13(24-2)14(10)18)12(8-19-9)15(23)20-16-21-22-17(25-3)26-16/h7-8,10,13-14H,4-6H2,1-3H3,(H,20,21,23). The average molecular weight is 380 g/mol. The van der Waals surface area contributed by atoms with Crippen molar-refractivity contribution < 1.29 is 18.7 Å². The first-order valence-corrected chi connectivity index (χ1v) is 9.17. The summed E-state index contributed by atoms with van der Waals surface area (Å²) < 4.78 is 25.2. The third-order valence-corrected chi connectivity index (χ3v) is 5.36. The van der Waals surface area contributed by atoms with E-state index >= 15 is 0 Å². The zero-order valence-corrected chi connectivity index (χ0v) is 15.7. The Morgan fingerprint density at radius 3 is 2.85 bits per heavy atom. The van der Waals surface area contributed by atoms with E-state index in [1.165, 1.54) is 20.4 Å². The monoisotopic (exact) mass is 380 g/mol. The van der Waals surface area contributed by atoms with Crippen LogP contribution in [0.2, 0.25) is 0 Å². The van der Waals surface area contributed by atoms with Crippen molar-refractivity contribution in [1.29, 1.82) is 0 Å². The third kappa shape index (κ3) is 3.83. The molecular formula is C17H21FN4O3S. The molecule has 7 nitrogen and oxygen atoms in total. The van der Waals surface area contributed by atoms with Crippen LogP contribution in [0.15, 0.2) is 12.3 Å². The first-order valence-electron chi connectivity index (χ1n) is 8.35. The highest BCUT2D eigenvalue weighted by molar-refractivity contribution is 7.17. The van der Waals surface area contributed by atoms with Crippen LogP contribution in [0.1, 0.15) is 46.8 Å². The van der Waals surface area contributed by atoms with Gasteiger partial charge in [0, 0.05) is 24.9 Å². The van der Waals surface area contributed by atoms with E-state index in [2.05, 4.69) is 20.5 Å². The molecule has 1 saturated carbocycles. The van der Waals surface area contributed by atoms with E-state index in [1.807, 2.05) is 6.92 Å². The van der Waals surface area contributed by atoms with Crippen molar-refractivity contribution >= 4 is 22.4 Å². The van der Waals surface area contributed by atoms with Crippen molar-refractivity contribution in [3.05, 3.63) is 29.1 Å². The molecule has 0 radical (unpaired) electrons. The molecule has 0 bridgehead atoms. The maximum atomic E-state index is 14.9. The number of ether oxygens (including phenoxy) is 2. The second-order valence-electron chi connectivity index (χ2n) is 6.20. The van der Waals surface area contributed by atoms with Gasteiger partial charge in [-0.15, -0.1) is 5.10 Å². The summed E-state index contributed by atoms with van der Waals surface area (Å²) in [5.41, 5.74) is 1.73. The quantitative estimate of drug-likeness (QED) is 0.858. The van der Waals surface area contributed by atoms with Gasteiger partial charge in [0.15, 0.2) is 0 Å². The number of aryl methyl sites for hydroxylation is 1. The third-order valence-electron chi connectivity index (χ3n) is 4.56. The van der Waals surface area contributed by atoms with E-state index < -0.39 is 24.1 Å². The number of carbonyl (C=O) groups is 1.